The van der Waals surface area contributed by atoms with Gasteiger partial charge in [0.1, 0.15) is 17.0 Å². The number of carbonyl (C=O) groups is 6. The topological polar surface area (TPSA) is 240 Å². The Bertz CT molecular complexity index is 1500. The van der Waals surface area contributed by atoms with Crippen LogP contribution in [-0.2, 0) is 28.7 Å². The summed E-state index contributed by atoms with van der Waals surface area (Å²) in [5.41, 5.74) is -0.315. The Balaban J connectivity index is 1.74. The van der Waals surface area contributed by atoms with Crippen LogP contribution >= 0.6 is 0 Å². The molecule has 0 aliphatic carbocycles. The molecule has 7 N–H and O–H groups in total. The number of ether oxygens (including phenoxy) is 4. The molecule has 0 saturated heterocycles. The van der Waals surface area contributed by atoms with E-state index in [1.807, 2.05) is 0 Å². The predicted octanol–water partition coefficient (Wildman–Crippen LogP) is 3.52. The molecule has 0 unspecified atom stereocenters. The van der Waals surface area contributed by atoms with Crippen LogP contribution in [0.4, 0.5) is 0 Å². The van der Waals surface area contributed by atoms with Crippen LogP contribution in [0.5, 0.6) is 11.5 Å². The van der Waals surface area contributed by atoms with Crippen molar-refractivity contribution in [2.45, 2.75) is 95.4 Å². The van der Waals surface area contributed by atoms with Gasteiger partial charge in [0.15, 0.2) is 0 Å². The summed E-state index contributed by atoms with van der Waals surface area (Å²) in [6, 6.07) is 13.5. The van der Waals surface area contributed by atoms with E-state index < -0.39 is 18.1 Å². The van der Waals surface area contributed by atoms with Crippen LogP contribution in [0, 0.1) is 0 Å². The van der Waals surface area contributed by atoms with Crippen LogP contribution in [0.2, 0.25) is 0 Å². The molecular weight excluding hydrogens is 791 g/mol. The maximum Gasteiger partial charge on any atom is 0.303 e. The third-order valence-corrected chi connectivity index (χ3v) is 9.58. The number of rotatable bonds is 35. The molecule has 0 aromatic heterocycles. The monoisotopic (exact) mass is 857 g/mol. The molecule has 2 aromatic rings. The molecule has 0 aliphatic heterocycles. The first kappa shape index (κ1) is 51.9. The molecule has 17 nitrogen and oxygen atoms in total. The molecule has 2 rings (SSSR count). The minimum Gasteiger partial charge on any atom is -0.497 e. The van der Waals surface area contributed by atoms with E-state index in [1.165, 1.54) is 0 Å². The molecule has 0 spiro atoms. The van der Waals surface area contributed by atoms with Gasteiger partial charge in [0, 0.05) is 63.0 Å². The number of carboxylic acids is 1. The molecule has 2 aromatic carbocycles. The van der Waals surface area contributed by atoms with Crippen LogP contribution in [0.25, 0.3) is 0 Å². The molecule has 0 heterocycles. The lowest BCUT2D eigenvalue weighted by atomic mass is 10.0. The van der Waals surface area contributed by atoms with Crippen LogP contribution in [0.15, 0.2) is 48.5 Å². The van der Waals surface area contributed by atoms with Crippen molar-refractivity contribution in [3.05, 3.63) is 59.7 Å². The highest BCUT2D eigenvalue weighted by atomic mass is 16.5. The number of aliphatic hydroxyl groups excluding tert-OH is 1. The van der Waals surface area contributed by atoms with Crippen molar-refractivity contribution in [3.8, 4) is 11.5 Å². The van der Waals surface area contributed by atoms with Gasteiger partial charge in [0.05, 0.1) is 47.3 Å². The van der Waals surface area contributed by atoms with Crippen LogP contribution < -0.4 is 36.1 Å². The minimum absolute atomic E-state index is 0.0108. The Morgan fingerprint density at radius 1 is 0.508 bits per heavy atom. The first-order valence-corrected chi connectivity index (χ1v) is 21.2. The van der Waals surface area contributed by atoms with E-state index >= 15 is 0 Å². The van der Waals surface area contributed by atoms with Gasteiger partial charge in [-0.15, -0.1) is 0 Å². The summed E-state index contributed by atoms with van der Waals surface area (Å²) in [5.74, 6) is -0.740. The van der Waals surface area contributed by atoms with Crippen LogP contribution in [-0.4, -0.2) is 125 Å². The predicted molar refractivity (Wildman–Crippen MR) is 229 cm³/mol. The van der Waals surface area contributed by atoms with Crippen LogP contribution in [0.3, 0.4) is 0 Å². The lowest BCUT2D eigenvalue weighted by Crippen LogP contribution is -2.58. The second-order valence-electron chi connectivity index (χ2n) is 14.7. The van der Waals surface area contributed by atoms with E-state index in [0.29, 0.717) is 74.5 Å². The maximum atomic E-state index is 13.0. The second-order valence-corrected chi connectivity index (χ2v) is 14.7. The average Bonchev–Trinajstić information content (AvgIpc) is 3.26. The Kier molecular flexibility index (Phi) is 26.9. The van der Waals surface area contributed by atoms with E-state index in [2.05, 4.69) is 26.6 Å². The van der Waals surface area contributed by atoms with E-state index in [9.17, 15) is 33.9 Å². The molecule has 0 aliphatic rings. The number of methoxy groups -OCH3 is 2. The van der Waals surface area contributed by atoms with Crippen molar-refractivity contribution in [2.75, 3.05) is 73.4 Å². The fourth-order valence-electron chi connectivity index (χ4n) is 5.99. The van der Waals surface area contributed by atoms with Crippen molar-refractivity contribution in [1.29, 1.82) is 0 Å². The zero-order valence-corrected chi connectivity index (χ0v) is 35.9. The number of hydrogen-bond acceptors (Lipinski definition) is 11. The van der Waals surface area contributed by atoms with Gasteiger partial charge >= 0.3 is 5.97 Å². The zero-order valence-electron chi connectivity index (χ0n) is 35.9. The molecule has 0 radical (unpaired) electrons. The van der Waals surface area contributed by atoms with Gasteiger partial charge in [-0.2, -0.15) is 0 Å². The highest BCUT2D eigenvalue weighted by Crippen LogP contribution is 2.14. The quantitative estimate of drug-likeness (QED) is 0.0493. The van der Waals surface area contributed by atoms with E-state index in [4.69, 9.17) is 24.1 Å². The standard InChI is InChI=1S/C44H67N5O12/c1-58-36-19-15-34(16-20-36)42(56)47-27-11-25-45-38(51)23-29-60-32-44(31-50,49-40(53)13-9-7-5-3-4-6-8-10-14-41(54)55)33-61-30-24-39(52)46-26-12-28-48-43(57)35-17-21-37(59-2)22-18-35/h15-22,50H,3-14,23-33H2,1-2H3,(H,45,51)(H,46,52)(H,47,56)(H,48,57)(H,49,53)(H,54,55). The Morgan fingerprint density at radius 3 is 1.30 bits per heavy atom. The highest BCUT2D eigenvalue weighted by molar-refractivity contribution is 5.94. The number of hydrogen-bond donors (Lipinski definition) is 7. The summed E-state index contributed by atoms with van der Waals surface area (Å²) >= 11 is 0. The maximum absolute atomic E-state index is 13.0. The third kappa shape index (κ3) is 23.9. The lowest BCUT2D eigenvalue weighted by Gasteiger charge is -2.32. The third-order valence-electron chi connectivity index (χ3n) is 9.58. The molecule has 61 heavy (non-hydrogen) atoms. The van der Waals surface area contributed by atoms with E-state index in [-0.39, 0.29) is 81.6 Å². The fraction of sp³-hybridized carbons (Fsp3) is 0.591. The first-order valence-electron chi connectivity index (χ1n) is 21.2. The SMILES string of the molecule is COc1ccc(C(=O)NCCCNC(=O)CCOCC(CO)(COCCC(=O)NCCCNC(=O)c2ccc(OC)cc2)NC(=O)CCCCCCCCCCC(=O)O)cc1. The Hall–Kier alpha value is -5.26. The molecule has 17 heteroatoms. The summed E-state index contributed by atoms with van der Waals surface area (Å²) in [7, 11) is 3.10. The Morgan fingerprint density at radius 2 is 0.902 bits per heavy atom. The average molecular weight is 858 g/mol. The lowest BCUT2D eigenvalue weighted by molar-refractivity contribution is -0.137. The largest absolute Gasteiger partial charge is 0.497 e. The summed E-state index contributed by atoms with van der Waals surface area (Å²) in [5, 5.41) is 33.3. The van der Waals surface area contributed by atoms with Crippen molar-refractivity contribution >= 4 is 35.5 Å². The smallest absolute Gasteiger partial charge is 0.303 e. The normalized spacial score (nSPS) is 11.0. The number of amides is 5. The van der Waals surface area contributed by atoms with Crippen molar-refractivity contribution in [3.63, 3.8) is 0 Å². The van der Waals surface area contributed by atoms with Gasteiger partial charge in [-0.25, -0.2) is 0 Å². The van der Waals surface area contributed by atoms with E-state index in [0.717, 1.165) is 38.5 Å². The van der Waals surface area contributed by atoms with Gasteiger partial charge in [-0.1, -0.05) is 38.5 Å². The second kappa shape index (κ2) is 31.6. The summed E-state index contributed by atoms with van der Waals surface area (Å²) < 4.78 is 21.8. The van der Waals surface area contributed by atoms with Gasteiger partial charge in [-0.05, 0) is 74.2 Å². The summed E-state index contributed by atoms with van der Waals surface area (Å²) in [6.45, 7) is 0.638. The number of nitrogens with one attached hydrogen (secondary N) is 5. The molecule has 5 amide bonds. The fourth-order valence-corrected chi connectivity index (χ4v) is 5.99. The molecular formula is C44H67N5O12. The number of carbonyl (C=O) groups excluding carboxylic acids is 5. The number of aliphatic carboxylic acids is 1. The molecule has 0 saturated carbocycles. The van der Waals surface area contributed by atoms with Crippen molar-refractivity contribution in [1.82, 2.24) is 26.6 Å². The number of unbranched alkanes of at least 4 members (excludes halogenated alkanes) is 7. The Labute approximate surface area is 359 Å². The highest BCUT2D eigenvalue weighted by Gasteiger charge is 2.32. The molecule has 340 valence electrons. The van der Waals surface area contributed by atoms with Gasteiger partial charge in [0.2, 0.25) is 17.7 Å². The summed E-state index contributed by atoms with van der Waals surface area (Å²) in [4.78, 5) is 73.2. The zero-order chi connectivity index (χ0) is 44.6. The molecule has 0 atom stereocenters. The van der Waals surface area contributed by atoms with Crippen LogP contribution in [0.1, 0.15) is 111 Å². The summed E-state index contributed by atoms with van der Waals surface area (Å²) in [6.07, 6.45) is 8.50. The number of aliphatic hydroxyl groups is 1. The number of carboxylic acid groups (broad SMARTS) is 1. The minimum atomic E-state index is -1.32. The number of benzene rings is 2. The van der Waals surface area contributed by atoms with E-state index in [1.54, 1.807) is 62.8 Å². The molecule has 0 bridgehead atoms. The van der Waals surface area contributed by atoms with Crippen molar-refractivity contribution in [2.24, 2.45) is 0 Å². The van der Waals surface area contributed by atoms with Gasteiger partial charge in [-0.3, -0.25) is 28.8 Å². The first-order chi connectivity index (χ1) is 29.5. The van der Waals surface area contributed by atoms with Gasteiger partial charge in [0.25, 0.3) is 11.8 Å². The van der Waals surface area contributed by atoms with Gasteiger partial charge < -0.3 is 55.7 Å². The van der Waals surface area contributed by atoms with Crippen molar-refractivity contribution < 1.29 is 57.9 Å². The molecule has 0 fully saturated rings.